The Hall–Kier alpha value is -3.97. The van der Waals surface area contributed by atoms with Crippen LogP contribution in [0.25, 0.3) is 0 Å². The predicted octanol–water partition coefficient (Wildman–Crippen LogP) is 5.00. The predicted molar refractivity (Wildman–Crippen MR) is 131 cm³/mol. The Morgan fingerprint density at radius 3 is 2.27 bits per heavy atom. The number of hydrazone groups is 1. The number of amides is 1. The van der Waals surface area contributed by atoms with E-state index in [9.17, 15) is 36.5 Å². The Morgan fingerprint density at radius 2 is 1.70 bits per heavy atom. The van der Waals surface area contributed by atoms with Gasteiger partial charge in [0.1, 0.15) is 6.54 Å². The van der Waals surface area contributed by atoms with Gasteiger partial charge in [0.2, 0.25) is 0 Å². The molecule has 0 aromatic heterocycles. The summed E-state index contributed by atoms with van der Waals surface area (Å²) in [4.78, 5) is 22.6. The van der Waals surface area contributed by atoms with Crippen molar-refractivity contribution in [1.82, 2.24) is 5.43 Å². The average Bonchev–Trinajstić information content (AvgIpc) is 2.86. The Labute approximate surface area is 214 Å². The van der Waals surface area contributed by atoms with E-state index in [2.05, 4.69) is 10.5 Å². The quantitative estimate of drug-likeness (QED) is 0.238. The second-order valence-electron chi connectivity index (χ2n) is 7.52. The Morgan fingerprint density at radius 1 is 1.08 bits per heavy atom. The maximum atomic E-state index is 13.3. The van der Waals surface area contributed by atoms with E-state index in [0.717, 1.165) is 6.07 Å². The van der Waals surface area contributed by atoms with Gasteiger partial charge >= 0.3 is 6.18 Å². The zero-order valence-corrected chi connectivity index (χ0v) is 20.5. The highest BCUT2D eigenvalue weighted by Crippen LogP contribution is 2.37. The molecule has 3 aromatic rings. The van der Waals surface area contributed by atoms with Crippen molar-refractivity contribution in [2.75, 3.05) is 10.8 Å². The zero-order valence-electron chi connectivity index (χ0n) is 18.9. The number of hydrogen-bond acceptors (Lipinski definition) is 6. The maximum Gasteiger partial charge on any atom is 0.416 e. The van der Waals surface area contributed by atoms with Crippen molar-refractivity contribution in [3.05, 3.63) is 99.1 Å². The lowest BCUT2D eigenvalue weighted by Gasteiger charge is -2.25. The van der Waals surface area contributed by atoms with Gasteiger partial charge in [0.25, 0.3) is 21.6 Å². The van der Waals surface area contributed by atoms with E-state index in [-0.39, 0.29) is 21.3 Å². The van der Waals surface area contributed by atoms with E-state index >= 15 is 0 Å². The molecule has 1 amide bonds. The molecule has 0 aliphatic rings. The lowest BCUT2D eigenvalue weighted by atomic mass is 10.1. The van der Waals surface area contributed by atoms with Crippen molar-refractivity contribution in [2.45, 2.75) is 18.0 Å². The number of halogens is 4. The molecule has 9 nitrogen and oxygen atoms in total. The number of nitrogens with zero attached hydrogens (tertiary/aromatic N) is 3. The van der Waals surface area contributed by atoms with Crippen LogP contribution in [-0.4, -0.2) is 31.5 Å². The molecule has 0 aliphatic carbocycles. The number of carbonyl (C=O) groups is 1. The molecular weight excluding hydrogens is 537 g/mol. The molecule has 0 fully saturated rings. The van der Waals surface area contributed by atoms with Crippen molar-refractivity contribution < 1.29 is 31.3 Å². The topological polar surface area (TPSA) is 122 Å². The fourth-order valence-corrected chi connectivity index (χ4v) is 4.82. The highest BCUT2D eigenvalue weighted by molar-refractivity contribution is 7.92. The minimum atomic E-state index is -4.80. The normalized spacial score (nSPS) is 12.2. The van der Waals surface area contributed by atoms with Crippen LogP contribution in [-0.2, 0) is 21.0 Å². The number of hydrogen-bond donors (Lipinski definition) is 1. The van der Waals surface area contributed by atoms with Crippen LogP contribution >= 0.6 is 11.6 Å². The zero-order chi connectivity index (χ0) is 27.4. The number of carbonyl (C=O) groups excluding carboxylic acids is 1. The number of benzene rings is 3. The summed E-state index contributed by atoms with van der Waals surface area (Å²) in [6.07, 6.45) is -4.80. The van der Waals surface area contributed by atoms with Crippen molar-refractivity contribution in [1.29, 1.82) is 0 Å². The van der Waals surface area contributed by atoms with Gasteiger partial charge in [-0.3, -0.25) is 19.2 Å². The van der Waals surface area contributed by atoms with Crippen LogP contribution in [0, 0.1) is 10.1 Å². The third-order valence-electron chi connectivity index (χ3n) is 5.00. The molecule has 3 rings (SSSR count). The standard InChI is InChI=1S/C23H18ClF3N4O5S/c1-15(16-7-10-18(11-8-16)31(33)34)28-29-22(32)14-30(37(35,36)19-5-3-2-4-6-19)21-13-17(23(25,26)27)9-12-20(21)24/h2-13H,14H2,1H3,(H,29,32)/b28-15+. The molecule has 0 saturated heterocycles. The van der Waals surface area contributed by atoms with Crippen LogP contribution in [0.15, 0.2) is 82.8 Å². The first-order valence-corrected chi connectivity index (χ1v) is 12.1. The Balaban J connectivity index is 1.95. The highest BCUT2D eigenvalue weighted by Gasteiger charge is 2.34. The first kappa shape index (κ1) is 27.6. The number of nitrogens with one attached hydrogen (secondary N) is 1. The molecule has 0 atom stereocenters. The minimum absolute atomic E-state index is 0.152. The van der Waals surface area contributed by atoms with Gasteiger partial charge in [-0.25, -0.2) is 13.8 Å². The number of non-ortho nitro benzene ring substituents is 1. The average molecular weight is 555 g/mol. The van der Waals surface area contributed by atoms with Crippen LogP contribution < -0.4 is 9.73 Å². The molecule has 14 heteroatoms. The van der Waals surface area contributed by atoms with Crippen molar-refractivity contribution in [3.8, 4) is 0 Å². The van der Waals surface area contributed by atoms with Gasteiger partial charge < -0.3 is 0 Å². The summed E-state index contributed by atoms with van der Waals surface area (Å²) in [5.74, 6) is -0.978. The van der Waals surface area contributed by atoms with Crippen molar-refractivity contribution >= 4 is 44.6 Å². The molecule has 3 aromatic carbocycles. The largest absolute Gasteiger partial charge is 0.416 e. The van der Waals surface area contributed by atoms with E-state index in [1.54, 1.807) is 6.07 Å². The van der Waals surface area contributed by atoms with Crippen molar-refractivity contribution in [2.24, 2.45) is 5.10 Å². The SMILES string of the molecule is C/C(=N\NC(=O)CN(c1cc(C(F)(F)F)ccc1Cl)S(=O)(=O)c1ccccc1)c1ccc([N+](=O)[O-])cc1. The van der Waals surface area contributed by atoms with Crippen LogP contribution in [0.2, 0.25) is 5.02 Å². The summed E-state index contributed by atoms with van der Waals surface area (Å²) in [5.41, 5.74) is 0.954. The second kappa shape index (κ2) is 11.0. The van der Waals surface area contributed by atoms with Crippen LogP contribution in [0.4, 0.5) is 24.5 Å². The van der Waals surface area contributed by atoms with Gasteiger partial charge in [0.05, 0.1) is 31.8 Å². The van der Waals surface area contributed by atoms with Gasteiger partial charge in [0.15, 0.2) is 0 Å². The van der Waals surface area contributed by atoms with E-state index < -0.39 is 44.8 Å². The summed E-state index contributed by atoms with van der Waals surface area (Å²) >= 11 is 6.08. The number of nitro groups is 1. The molecule has 0 unspecified atom stereocenters. The summed E-state index contributed by atoms with van der Waals surface area (Å²) in [5, 5.41) is 14.3. The molecule has 0 heterocycles. The smallest absolute Gasteiger partial charge is 0.271 e. The molecule has 1 N–H and O–H groups in total. The Bertz CT molecular complexity index is 1450. The molecular formula is C23H18ClF3N4O5S. The minimum Gasteiger partial charge on any atom is -0.271 e. The molecule has 37 heavy (non-hydrogen) atoms. The third kappa shape index (κ3) is 6.62. The van der Waals surface area contributed by atoms with Gasteiger partial charge in [-0.15, -0.1) is 0 Å². The number of sulfonamides is 1. The van der Waals surface area contributed by atoms with E-state index in [1.807, 2.05) is 0 Å². The summed E-state index contributed by atoms with van der Waals surface area (Å²) < 4.78 is 67.2. The molecule has 0 saturated carbocycles. The van der Waals surface area contributed by atoms with Gasteiger partial charge in [-0.1, -0.05) is 29.8 Å². The monoisotopic (exact) mass is 554 g/mol. The third-order valence-corrected chi connectivity index (χ3v) is 7.10. The Kier molecular flexibility index (Phi) is 8.18. The molecule has 0 radical (unpaired) electrons. The lowest BCUT2D eigenvalue weighted by Crippen LogP contribution is -2.40. The molecule has 0 spiro atoms. The fraction of sp³-hybridized carbons (Fsp3) is 0.130. The molecule has 0 bridgehead atoms. The summed E-state index contributed by atoms with van der Waals surface area (Å²) in [7, 11) is -4.53. The highest BCUT2D eigenvalue weighted by atomic mass is 35.5. The summed E-state index contributed by atoms with van der Waals surface area (Å²) in [6, 6.07) is 14.2. The van der Waals surface area contributed by atoms with Crippen molar-refractivity contribution in [3.63, 3.8) is 0 Å². The van der Waals surface area contributed by atoms with Gasteiger partial charge in [-0.2, -0.15) is 18.3 Å². The molecule has 0 aliphatic heterocycles. The van der Waals surface area contributed by atoms with Crippen LogP contribution in [0.3, 0.4) is 0 Å². The number of nitro benzene ring substituents is 1. The second-order valence-corrected chi connectivity index (χ2v) is 9.79. The van der Waals surface area contributed by atoms with E-state index in [1.165, 1.54) is 55.5 Å². The number of anilines is 1. The number of alkyl halides is 3. The van der Waals surface area contributed by atoms with E-state index in [4.69, 9.17) is 11.6 Å². The van der Waals surface area contributed by atoms with Gasteiger partial charge in [-0.05, 0) is 55.0 Å². The first-order valence-electron chi connectivity index (χ1n) is 10.3. The first-order chi connectivity index (χ1) is 17.3. The molecule has 194 valence electrons. The lowest BCUT2D eigenvalue weighted by molar-refractivity contribution is -0.384. The fourth-order valence-electron chi connectivity index (χ4n) is 3.10. The van der Waals surface area contributed by atoms with E-state index in [0.29, 0.717) is 22.0 Å². The summed E-state index contributed by atoms with van der Waals surface area (Å²) in [6.45, 7) is 0.541. The van der Waals surface area contributed by atoms with Gasteiger partial charge in [0, 0.05) is 12.1 Å². The van der Waals surface area contributed by atoms with Crippen LogP contribution in [0.5, 0.6) is 0 Å². The van der Waals surface area contributed by atoms with Crippen LogP contribution in [0.1, 0.15) is 18.1 Å². The number of rotatable bonds is 8. The maximum absolute atomic E-state index is 13.3.